The zero-order chi connectivity index (χ0) is 34.0. The summed E-state index contributed by atoms with van der Waals surface area (Å²) < 4.78 is 2.09. The van der Waals surface area contributed by atoms with Crippen molar-refractivity contribution in [3.63, 3.8) is 0 Å². The lowest BCUT2D eigenvalue weighted by molar-refractivity contribution is -0.133. The van der Waals surface area contributed by atoms with Gasteiger partial charge in [-0.1, -0.05) is 53.5 Å². The molecule has 4 amide bonds. The van der Waals surface area contributed by atoms with Gasteiger partial charge in [0, 0.05) is 61.8 Å². The fraction of sp³-hybridized carbons (Fsp3) is 0.424. The number of urea groups is 1. The molecule has 3 heterocycles. The third-order valence-corrected chi connectivity index (χ3v) is 9.59. The molecule has 0 aliphatic carbocycles. The number of piperidine rings is 1. The number of halogens is 2. The summed E-state index contributed by atoms with van der Waals surface area (Å²) >= 11 is 12.7. The minimum atomic E-state index is -1.19. The van der Waals surface area contributed by atoms with Gasteiger partial charge in [0.05, 0.1) is 15.6 Å². The molecule has 2 aliphatic rings. The minimum absolute atomic E-state index is 0.0467. The average molecular weight is 686 g/mol. The first-order valence-electron chi connectivity index (χ1n) is 15.5. The topological polar surface area (TPSA) is 137 Å². The first kappa shape index (κ1) is 34.1. The van der Waals surface area contributed by atoms with Crippen LogP contribution in [0.15, 0.2) is 58.3 Å². The lowest BCUT2D eigenvalue weighted by Gasteiger charge is -2.38. The maximum absolute atomic E-state index is 13.7. The number of para-hydroxylation sites is 1. The summed E-state index contributed by atoms with van der Waals surface area (Å²) in [4.78, 5) is 70.5. The van der Waals surface area contributed by atoms with Gasteiger partial charge in [0.25, 0.3) is 5.56 Å². The maximum atomic E-state index is 13.7. The lowest BCUT2D eigenvalue weighted by Crippen LogP contribution is -2.51. The van der Waals surface area contributed by atoms with Crippen LogP contribution < -0.4 is 16.6 Å². The van der Waals surface area contributed by atoms with Crippen molar-refractivity contribution in [2.45, 2.75) is 64.7 Å². The zero-order valence-corrected chi connectivity index (χ0v) is 28.1. The number of hydrogen-bond acceptors (Lipinski definition) is 5. The van der Waals surface area contributed by atoms with E-state index in [1.165, 1.54) is 6.20 Å². The smallest absolute Gasteiger partial charge is 0.407 e. The molecular formula is C33H38Cl2N6O6. The Morgan fingerprint density at radius 2 is 1.68 bits per heavy atom. The predicted octanol–water partition coefficient (Wildman–Crippen LogP) is 4.84. The number of likely N-dealkylation sites (tertiary alicyclic amines) is 1. The van der Waals surface area contributed by atoms with Gasteiger partial charge in [-0.3, -0.25) is 18.7 Å². The van der Waals surface area contributed by atoms with Crippen LogP contribution in [-0.4, -0.2) is 84.7 Å². The number of anilines is 1. The second-order valence-corrected chi connectivity index (χ2v) is 13.5. The van der Waals surface area contributed by atoms with Crippen molar-refractivity contribution in [1.82, 2.24) is 23.8 Å². The molecule has 1 fully saturated rings. The molecule has 3 aromatic rings. The fourth-order valence-electron chi connectivity index (χ4n) is 6.19. The van der Waals surface area contributed by atoms with E-state index in [1.54, 1.807) is 43.9 Å². The molecule has 250 valence electrons. The van der Waals surface area contributed by atoms with E-state index >= 15 is 0 Å². The van der Waals surface area contributed by atoms with Gasteiger partial charge >= 0.3 is 17.8 Å². The number of aromatic nitrogens is 2. The van der Waals surface area contributed by atoms with Crippen molar-refractivity contribution in [2.75, 3.05) is 31.5 Å². The van der Waals surface area contributed by atoms with Gasteiger partial charge in [-0.15, -0.1) is 0 Å². The van der Waals surface area contributed by atoms with Gasteiger partial charge in [-0.2, -0.15) is 0 Å². The Labute approximate surface area is 282 Å². The van der Waals surface area contributed by atoms with Crippen LogP contribution in [0.5, 0.6) is 0 Å². The number of carbonyl (C=O) groups excluding carboxylic acids is 2. The quantitative estimate of drug-likeness (QED) is 0.365. The molecule has 5 rings (SSSR count). The monoisotopic (exact) mass is 684 g/mol. The molecule has 2 N–H and O–H groups in total. The summed E-state index contributed by atoms with van der Waals surface area (Å²) in [6.45, 7) is 5.75. The Morgan fingerprint density at radius 1 is 0.979 bits per heavy atom. The van der Waals surface area contributed by atoms with Crippen LogP contribution in [0.3, 0.4) is 0 Å². The molecular weight excluding hydrogens is 647 g/mol. The van der Waals surface area contributed by atoms with Crippen molar-refractivity contribution in [3.8, 4) is 11.1 Å². The molecule has 0 unspecified atom stereocenters. The van der Waals surface area contributed by atoms with E-state index in [1.807, 2.05) is 29.2 Å². The number of hydrogen-bond donors (Lipinski definition) is 2. The van der Waals surface area contributed by atoms with E-state index in [0.29, 0.717) is 32.5 Å². The van der Waals surface area contributed by atoms with Gasteiger partial charge in [0.2, 0.25) is 5.91 Å². The number of benzene rings is 2. The normalized spacial score (nSPS) is 15.6. The van der Waals surface area contributed by atoms with E-state index < -0.39 is 22.9 Å². The SMILES string of the molecule is CC(C)(C)N(CCn1c(=O)c(-c2cccc(Cl)c2Cl)cn(CC(=O)N2CCC(N3CCc4ccccc4NC3=O)CC2)c1=O)C(=O)O. The second-order valence-electron chi connectivity index (χ2n) is 12.8. The summed E-state index contributed by atoms with van der Waals surface area (Å²) in [5, 5.41) is 13.1. The van der Waals surface area contributed by atoms with Gasteiger partial charge in [0.1, 0.15) is 6.54 Å². The average Bonchev–Trinajstić information content (AvgIpc) is 3.19. The number of rotatable bonds is 7. The Hall–Kier alpha value is -4.29. The van der Waals surface area contributed by atoms with E-state index in [2.05, 4.69) is 5.32 Å². The highest BCUT2D eigenvalue weighted by Gasteiger charge is 2.32. The molecule has 1 aromatic heterocycles. The number of carboxylic acid groups (broad SMARTS) is 1. The van der Waals surface area contributed by atoms with Crippen LogP contribution in [0, 0.1) is 0 Å². The second kappa shape index (κ2) is 13.8. The van der Waals surface area contributed by atoms with Crippen LogP contribution in [-0.2, 0) is 24.3 Å². The third kappa shape index (κ3) is 7.33. The highest BCUT2D eigenvalue weighted by molar-refractivity contribution is 6.43. The molecule has 0 spiro atoms. The number of nitrogens with zero attached hydrogens (tertiary/aromatic N) is 5. The fourth-order valence-corrected chi connectivity index (χ4v) is 6.59. The van der Waals surface area contributed by atoms with Crippen molar-refractivity contribution >= 4 is 46.9 Å². The number of nitrogens with one attached hydrogen (secondary N) is 1. The predicted molar refractivity (Wildman–Crippen MR) is 180 cm³/mol. The standard InChI is InChI=1S/C33H38Cl2N6O6/c1-33(2,3)41(32(46)47)18-17-40-29(43)24(23-8-6-9-25(34)28(23)35)19-38(31(40)45)20-27(42)37-14-12-22(13-15-37)39-16-11-21-7-4-5-10-26(21)36-30(39)44/h4-10,19,22H,11-18,20H2,1-3H3,(H,36,44)(H,46,47). The molecule has 0 bridgehead atoms. The summed E-state index contributed by atoms with van der Waals surface area (Å²) in [6.07, 6.45) is 1.99. The van der Waals surface area contributed by atoms with Crippen LogP contribution in [0.4, 0.5) is 15.3 Å². The van der Waals surface area contributed by atoms with Crippen LogP contribution >= 0.6 is 23.2 Å². The molecule has 14 heteroatoms. The van der Waals surface area contributed by atoms with E-state index in [-0.39, 0.29) is 58.8 Å². The minimum Gasteiger partial charge on any atom is -0.465 e. The highest BCUT2D eigenvalue weighted by Crippen LogP contribution is 2.32. The molecule has 47 heavy (non-hydrogen) atoms. The number of amides is 4. The van der Waals surface area contributed by atoms with Crippen LogP contribution in [0.1, 0.15) is 39.2 Å². The van der Waals surface area contributed by atoms with E-state index in [4.69, 9.17) is 23.2 Å². The van der Waals surface area contributed by atoms with Crippen molar-refractivity contribution in [2.24, 2.45) is 0 Å². The Bertz CT molecular complexity index is 1810. The Morgan fingerprint density at radius 3 is 2.36 bits per heavy atom. The third-order valence-electron chi connectivity index (χ3n) is 8.77. The molecule has 2 aromatic carbocycles. The van der Waals surface area contributed by atoms with Crippen molar-refractivity contribution in [1.29, 1.82) is 0 Å². The first-order valence-corrected chi connectivity index (χ1v) is 16.2. The molecule has 1 saturated heterocycles. The van der Waals surface area contributed by atoms with Crippen LogP contribution in [0.2, 0.25) is 10.0 Å². The zero-order valence-electron chi connectivity index (χ0n) is 26.5. The number of fused-ring (bicyclic) bond motifs is 1. The van der Waals surface area contributed by atoms with Gasteiger partial charge in [-0.25, -0.2) is 14.4 Å². The first-order chi connectivity index (χ1) is 22.3. The number of carbonyl (C=O) groups is 3. The summed E-state index contributed by atoms with van der Waals surface area (Å²) in [6, 6.07) is 12.3. The molecule has 0 saturated carbocycles. The molecule has 0 radical (unpaired) electrons. The van der Waals surface area contributed by atoms with Gasteiger partial charge in [0.15, 0.2) is 0 Å². The summed E-state index contributed by atoms with van der Waals surface area (Å²) in [7, 11) is 0. The van der Waals surface area contributed by atoms with Crippen LogP contribution in [0.25, 0.3) is 11.1 Å². The van der Waals surface area contributed by atoms with Crippen molar-refractivity contribution in [3.05, 3.63) is 85.1 Å². The largest absolute Gasteiger partial charge is 0.465 e. The van der Waals surface area contributed by atoms with Crippen molar-refractivity contribution < 1.29 is 19.5 Å². The highest BCUT2D eigenvalue weighted by atomic mass is 35.5. The Kier molecular flexibility index (Phi) is 10.0. The molecule has 2 aliphatic heterocycles. The maximum Gasteiger partial charge on any atom is 0.407 e. The summed E-state index contributed by atoms with van der Waals surface area (Å²) in [5.74, 6) is -0.325. The van der Waals surface area contributed by atoms with E-state index in [0.717, 1.165) is 31.7 Å². The molecule has 12 nitrogen and oxygen atoms in total. The van der Waals surface area contributed by atoms with Gasteiger partial charge < -0.3 is 25.1 Å². The Balaban J connectivity index is 1.36. The summed E-state index contributed by atoms with van der Waals surface area (Å²) in [5.41, 5.74) is 0.00356. The van der Waals surface area contributed by atoms with E-state index in [9.17, 15) is 29.1 Å². The lowest BCUT2D eigenvalue weighted by atomic mass is 10.0. The molecule has 0 atom stereocenters. The van der Waals surface area contributed by atoms with Gasteiger partial charge in [-0.05, 0) is 57.7 Å².